The van der Waals surface area contributed by atoms with Crippen molar-refractivity contribution in [2.45, 2.75) is 47.1 Å². The van der Waals surface area contributed by atoms with E-state index in [1.165, 1.54) is 27.7 Å². The van der Waals surface area contributed by atoms with E-state index in [0.29, 0.717) is 12.0 Å². The van der Waals surface area contributed by atoms with Crippen LogP contribution in [-0.4, -0.2) is 6.04 Å². The minimum Gasteiger partial charge on any atom is -0.381 e. The highest BCUT2D eigenvalue weighted by Gasteiger charge is 2.12. The molecule has 0 saturated heterocycles. The standard InChI is InChI=1S/C14H22BrN/c1-6-10(3)12(5)16-14-11(4)7-9(2)8-13(14)15/h7-8,10,12,16H,6H2,1-5H3. The molecule has 0 aliphatic carbocycles. The van der Waals surface area contributed by atoms with Crippen molar-refractivity contribution in [3.63, 3.8) is 0 Å². The Morgan fingerprint density at radius 3 is 2.38 bits per heavy atom. The fourth-order valence-electron chi connectivity index (χ4n) is 1.82. The molecule has 0 fully saturated rings. The highest BCUT2D eigenvalue weighted by molar-refractivity contribution is 9.10. The van der Waals surface area contributed by atoms with Crippen LogP contribution >= 0.6 is 15.9 Å². The molecule has 16 heavy (non-hydrogen) atoms. The van der Waals surface area contributed by atoms with E-state index in [0.717, 1.165) is 0 Å². The molecule has 0 spiro atoms. The van der Waals surface area contributed by atoms with Crippen LogP contribution in [0.3, 0.4) is 0 Å². The fourth-order valence-corrected chi connectivity index (χ4v) is 2.61. The van der Waals surface area contributed by atoms with Crippen LogP contribution in [0.4, 0.5) is 5.69 Å². The lowest BCUT2D eigenvalue weighted by Crippen LogP contribution is -2.23. The molecule has 90 valence electrons. The summed E-state index contributed by atoms with van der Waals surface area (Å²) in [4.78, 5) is 0. The second-order valence-corrected chi connectivity index (χ2v) is 5.61. The van der Waals surface area contributed by atoms with E-state index in [2.05, 4.69) is 68.0 Å². The number of benzene rings is 1. The Hall–Kier alpha value is -0.500. The Balaban J connectivity index is 2.89. The van der Waals surface area contributed by atoms with E-state index in [1.54, 1.807) is 0 Å². The lowest BCUT2D eigenvalue weighted by atomic mass is 10.00. The van der Waals surface area contributed by atoms with Crippen molar-refractivity contribution in [2.75, 3.05) is 5.32 Å². The van der Waals surface area contributed by atoms with Crippen LogP contribution in [0, 0.1) is 19.8 Å². The fraction of sp³-hybridized carbons (Fsp3) is 0.571. The maximum absolute atomic E-state index is 3.63. The second kappa shape index (κ2) is 5.72. The number of aryl methyl sites for hydroxylation is 2. The highest BCUT2D eigenvalue weighted by Crippen LogP contribution is 2.29. The van der Waals surface area contributed by atoms with Gasteiger partial charge < -0.3 is 5.32 Å². The summed E-state index contributed by atoms with van der Waals surface area (Å²) in [5, 5.41) is 3.61. The van der Waals surface area contributed by atoms with Gasteiger partial charge in [-0.2, -0.15) is 0 Å². The summed E-state index contributed by atoms with van der Waals surface area (Å²) < 4.78 is 1.17. The zero-order valence-electron chi connectivity index (χ0n) is 10.9. The maximum atomic E-state index is 3.63. The first-order valence-electron chi connectivity index (χ1n) is 5.99. The molecule has 0 heterocycles. The van der Waals surface area contributed by atoms with Crippen molar-refractivity contribution in [3.8, 4) is 0 Å². The number of nitrogens with one attached hydrogen (secondary N) is 1. The van der Waals surface area contributed by atoms with Gasteiger partial charge >= 0.3 is 0 Å². The average molecular weight is 284 g/mol. The van der Waals surface area contributed by atoms with Crippen LogP contribution < -0.4 is 5.32 Å². The number of hydrogen-bond donors (Lipinski definition) is 1. The number of rotatable bonds is 4. The molecule has 2 heteroatoms. The Kier molecular flexibility index (Phi) is 4.85. The van der Waals surface area contributed by atoms with Gasteiger partial charge in [0, 0.05) is 10.5 Å². The van der Waals surface area contributed by atoms with Crippen LogP contribution in [0.15, 0.2) is 16.6 Å². The lowest BCUT2D eigenvalue weighted by Gasteiger charge is -2.23. The van der Waals surface area contributed by atoms with Crippen molar-refractivity contribution in [2.24, 2.45) is 5.92 Å². The van der Waals surface area contributed by atoms with Gasteiger partial charge in [0.05, 0.1) is 5.69 Å². The van der Waals surface area contributed by atoms with Gasteiger partial charge in [-0.25, -0.2) is 0 Å². The largest absolute Gasteiger partial charge is 0.381 e. The third kappa shape index (κ3) is 3.24. The molecule has 1 aromatic rings. The molecule has 1 N–H and O–H groups in total. The van der Waals surface area contributed by atoms with Gasteiger partial charge in [0.15, 0.2) is 0 Å². The quantitative estimate of drug-likeness (QED) is 0.828. The topological polar surface area (TPSA) is 12.0 Å². The van der Waals surface area contributed by atoms with Crippen LogP contribution in [0.2, 0.25) is 0 Å². The van der Waals surface area contributed by atoms with Crippen LogP contribution in [0.25, 0.3) is 0 Å². The van der Waals surface area contributed by atoms with Crippen LogP contribution in [-0.2, 0) is 0 Å². The highest BCUT2D eigenvalue weighted by atomic mass is 79.9. The Morgan fingerprint density at radius 2 is 1.88 bits per heavy atom. The predicted molar refractivity (Wildman–Crippen MR) is 76.2 cm³/mol. The number of hydrogen-bond acceptors (Lipinski definition) is 1. The van der Waals surface area contributed by atoms with E-state index in [-0.39, 0.29) is 0 Å². The van der Waals surface area contributed by atoms with Crippen LogP contribution in [0.1, 0.15) is 38.3 Å². The Labute approximate surface area is 108 Å². The van der Waals surface area contributed by atoms with Crippen molar-refractivity contribution < 1.29 is 0 Å². The Bertz CT molecular complexity index is 337. The molecule has 2 unspecified atom stereocenters. The lowest BCUT2D eigenvalue weighted by molar-refractivity contribution is 0.494. The summed E-state index contributed by atoms with van der Waals surface area (Å²) in [6, 6.07) is 4.89. The molecule has 1 nitrogen and oxygen atoms in total. The molecular formula is C14H22BrN. The molecule has 0 bridgehead atoms. The first-order valence-corrected chi connectivity index (χ1v) is 6.78. The molecule has 0 aliphatic heterocycles. The smallest absolute Gasteiger partial charge is 0.0516 e. The molecule has 0 aromatic heterocycles. The minimum absolute atomic E-state index is 0.503. The molecule has 0 radical (unpaired) electrons. The zero-order chi connectivity index (χ0) is 12.3. The summed E-state index contributed by atoms with van der Waals surface area (Å²) >= 11 is 3.63. The summed E-state index contributed by atoms with van der Waals surface area (Å²) in [5.74, 6) is 0.688. The number of halogens is 1. The number of anilines is 1. The van der Waals surface area contributed by atoms with Gasteiger partial charge in [-0.15, -0.1) is 0 Å². The molecule has 0 amide bonds. The predicted octanol–water partition coefficient (Wildman–Crippen LogP) is 4.91. The summed E-state index contributed by atoms with van der Waals surface area (Å²) in [6.45, 7) is 11.1. The van der Waals surface area contributed by atoms with Gasteiger partial charge in [-0.1, -0.05) is 26.3 Å². The monoisotopic (exact) mass is 283 g/mol. The van der Waals surface area contributed by atoms with Crippen molar-refractivity contribution in [1.82, 2.24) is 0 Å². The van der Waals surface area contributed by atoms with E-state index in [1.807, 2.05) is 0 Å². The van der Waals surface area contributed by atoms with E-state index >= 15 is 0 Å². The maximum Gasteiger partial charge on any atom is 0.0516 e. The summed E-state index contributed by atoms with van der Waals surface area (Å²) in [6.07, 6.45) is 1.21. The molecule has 1 rings (SSSR count). The normalized spacial score (nSPS) is 14.6. The van der Waals surface area contributed by atoms with E-state index < -0.39 is 0 Å². The Morgan fingerprint density at radius 1 is 1.25 bits per heavy atom. The van der Waals surface area contributed by atoms with Crippen molar-refractivity contribution in [3.05, 3.63) is 27.7 Å². The summed E-state index contributed by atoms with van der Waals surface area (Å²) in [7, 11) is 0. The molecule has 1 aromatic carbocycles. The van der Waals surface area contributed by atoms with E-state index in [9.17, 15) is 0 Å². The summed E-state index contributed by atoms with van der Waals surface area (Å²) in [5.41, 5.74) is 3.84. The molecule has 2 atom stereocenters. The van der Waals surface area contributed by atoms with Crippen molar-refractivity contribution >= 4 is 21.6 Å². The third-order valence-electron chi connectivity index (χ3n) is 3.30. The first-order chi connectivity index (χ1) is 7.45. The SMILES string of the molecule is CCC(C)C(C)Nc1c(C)cc(C)cc1Br. The zero-order valence-corrected chi connectivity index (χ0v) is 12.5. The van der Waals surface area contributed by atoms with Crippen molar-refractivity contribution in [1.29, 1.82) is 0 Å². The van der Waals surface area contributed by atoms with Gasteiger partial charge in [0.1, 0.15) is 0 Å². The molecular weight excluding hydrogens is 262 g/mol. The van der Waals surface area contributed by atoms with Crippen LogP contribution in [0.5, 0.6) is 0 Å². The third-order valence-corrected chi connectivity index (χ3v) is 3.93. The second-order valence-electron chi connectivity index (χ2n) is 4.76. The average Bonchev–Trinajstić information content (AvgIpc) is 2.21. The van der Waals surface area contributed by atoms with Gasteiger partial charge in [-0.05, 0) is 59.8 Å². The molecule has 0 saturated carbocycles. The van der Waals surface area contributed by atoms with Gasteiger partial charge in [-0.3, -0.25) is 0 Å². The molecule has 0 aliphatic rings. The van der Waals surface area contributed by atoms with Gasteiger partial charge in [0.25, 0.3) is 0 Å². The first kappa shape index (κ1) is 13.6. The van der Waals surface area contributed by atoms with Gasteiger partial charge in [0.2, 0.25) is 0 Å². The van der Waals surface area contributed by atoms with E-state index in [4.69, 9.17) is 0 Å². The minimum atomic E-state index is 0.503.